The molecule has 5 heteroatoms. The molecular formula is C18H18N2O3. The summed E-state index contributed by atoms with van der Waals surface area (Å²) in [6.07, 6.45) is 0.366. The van der Waals surface area contributed by atoms with E-state index in [2.05, 4.69) is 5.32 Å². The van der Waals surface area contributed by atoms with Crippen LogP contribution < -0.4 is 15.0 Å². The number of carbonyl (C=O) groups is 2. The minimum Gasteiger partial charge on any atom is -0.491 e. The summed E-state index contributed by atoms with van der Waals surface area (Å²) in [5, 5.41) is 2.88. The van der Waals surface area contributed by atoms with Crippen LogP contribution in [0.3, 0.4) is 0 Å². The van der Waals surface area contributed by atoms with E-state index >= 15 is 0 Å². The Morgan fingerprint density at radius 2 is 2.00 bits per heavy atom. The van der Waals surface area contributed by atoms with E-state index in [-0.39, 0.29) is 11.8 Å². The summed E-state index contributed by atoms with van der Waals surface area (Å²) in [6.45, 7) is 0.781. The van der Waals surface area contributed by atoms with Gasteiger partial charge in [0.05, 0.1) is 18.7 Å². The van der Waals surface area contributed by atoms with Crippen LogP contribution in [0.25, 0.3) is 0 Å². The van der Waals surface area contributed by atoms with Crippen LogP contribution in [0.15, 0.2) is 48.5 Å². The molecule has 0 atom stereocenters. The maximum absolute atomic E-state index is 12.1. The van der Waals surface area contributed by atoms with E-state index in [0.717, 1.165) is 11.3 Å². The van der Waals surface area contributed by atoms with E-state index in [4.69, 9.17) is 4.74 Å². The molecule has 1 heterocycles. The highest BCUT2D eigenvalue weighted by molar-refractivity contribution is 5.95. The Morgan fingerprint density at radius 3 is 2.78 bits per heavy atom. The Morgan fingerprint density at radius 1 is 1.22 bits per heavy atom. The molecular weight excluding hydrogens is 292 g/mol. The monoisotopic (exact) mass is 310 g/mol. The number of nitrogens with one attached hydrogen (secondary N) is 1. The number of fused-ring (bicyclic) bond motifs is 1. The standard InChI is InChI=1S/C18H18N2O3/c1-20-15-11-13(7-8-16(15)23-10-9-17(20)21)12-19-18(22)14-5-3-2-4-6-14/h2-8,11H,9-10,12H2,1H3,(H,19,22). The number of amides is 2. The largest absolute Gasteiger partial charge is 0.491 e. The fraction of sp³-hybridized carbons (Fsp3) is 0.222. The van der Waals surface area contributed by atoms with Crippen molar-refractivity contribution in [2.24, 2.45) is 0 Å². The van der Waals surface area contributed by atoms with Crippen molar-refractivity contribution in [2.45, 2.75) is 13.0 Å². The second-order valence-corrected chi connectivity index (χ2v) is 5.40. The Bertz CT molecular complexity index is 728. The molecule has 0 radical (unpaired) electrons. The van der Waals surface area contributed by atoms with Crippen molar-refractivity contribution in [3.05, 3.63) is 59.7 Å². The van der Waals surface area contributed by atoms with Gasteiger partial charge in [0, 0.05) is 19.2 Å². The van der Waals surface area contributed by atoms with E-state index in [0.29, 0.717) is 30.9 Å². The summed E-state index contributed by atoms with van der Waals surface area (Å²) in [7, 11) is 1.74. The van der Waals surface area contributed by atoms with Crippen molar-refractivity contribution in [2.75, 3.05) is 18.6 Å². The number of nitrogens with zero attached hydrogens (tertiary/aromatic N) is 1. The van der Waals surface area contributed by atoms with Gasteiger partial charge in [0.1, 0.15) is 5.75 Å². The molecule has 1 N–H and O–H groups in total. The molecule has 1 aliphatic heterocycles. The third-order valence-electron chi connectivity index (χ3n) is 3.82. The summed E-state index contributed by atoms with van der Waals surface area (Å²) in [5.74, 6) is 0.590. The molecule has 2 aromatic rings. The number of ether oxygens (including phenoxy) is 1. The normalized spacial score (nSPS) is 13.8. The first kappa shape index (κ1) is 15.1. The van der Waals surface area contributed by atoms with Gasteiger partial charge in [-0.05, 0) is 29.8 Å². The zero-order valence-corrected chi connectivity index (χ0v) is 12.9. The first-order valence-corrected chi connectivity index (χ1v) is 7.50. The Hall–Kier alpha value is -2.82. The zero-order chi connectivity index (χ0) is 16.2. The van der Waals surface area contributed by atoms with Crippen molar-refractivity contribution >= 4 is 17.5 Å². The van der Waals surface area contributed by atoms with Gasteiger partial charge in [0.2, 0.25) is 5.91 Å². The highest BCUT2D eigenvalue weighted by Gasteiger charge is 2.20. The van der Waals surface area contributed by atoms with Crippen LogP contribution in [0.4, 0.5) is 5.69 Å². The van der Waals surface area contributed by atoms with Gasteiger partial charge in [-0.15, -0.1) is 0 Å². The number of carbonyl (C=O) groups excluding carboxylic acids is 2. The van der Waals surface area contributed by atoms with Crippen molar-refractivity contribution in [1.82, 2.24) is 5.32 Å². The van der Waals surface area contributed by atoms with Crippen LogP contribution >= 0.6 is 0 Å². The van der Waals surface area contributed by atoms with Gasteiger partial charge in [-0.2, -0.15) is 0 Å². The highest BCUT2D eigenvalue weighted by atomic mass is 16.5. The van der Waals surface area contributed by atoms with Gasteiger partial charge in [-0.3, -0.25) is 9.59 Å². The molecule has 0 spiro atoms. The lowest BCUT2D eigenvalue weighted by molar-refractivity contribution is -0.118. The number of hydrogen-bond donors (Lipinski definition) is 1. The number of hydrogen-bond acceptors (Lipinski definition) is 3. The van der Waals surface area contributed by atoms with Crippen LogP contribution in [0.1, 0.15) is 22.3 Å². The average molecular weight is 310 g/mol. The third-order valence-corrected chi connectivity index (χ3v) is 3.82. The smallest absolute Gasteiger partial charge is 0.251 e. The van der Waals surface area contributed by atoms with Crippen LogP contribution in [0, 0.1) is 0 Å². The summed E-state index contributed by atoms with van der Waals surface area (Å²) in [5.41, 5.74) is 2.27. The van der Waals surface area contributed by atoms with Crippen molar-refractivity contribution in [1.29, 1.82) is 0 Å². The fourth-order valence-electron chi connectivity index (χ4n) is 2.48. The Kier molecular flexibility index (Phi) is 4.28. The minimum atomic E-state index is -0.124. The summed E-state index contributed by atoms with van der Waals surface area (Å²) in [6, 6.07) is 14.7. The number of rotatable bonds is 3. The molecule has 118 valence electrons. The summed E-state index contributed by atoms with van der Waals surface area (Å²) in [4.78, 5) is 25.6. The molecule has 3 rings (SSSR count). The molecule has 23 heavy (non-hydrogen) atoms. The van der Waals surface area contributed by atoms with Crippen molar-refractivity contribution in [3.8, 4) is 5.75 Å². The topological polar surface area (TPSA) is 58.6 Å². The first-order valence-electron chi connectivity index (χ1n) is 7.50. The molecule has 0 fully saturated rings. The maximum atomic E-state index is 12.1. The molecule has 1 aliphatic rings. The second-order valence-electron chi connectivity index (χ2n) is 5.40. The molecule has 0 unspecified atom stereocenters. The van der Waals surface area contributed by atoms with E-state index < -0.39 is 0 Å². The van der Waals surface area contributed by atoms with Crippen LogP contribution in [-0.4, -0.2) is 25.5 Å². The van der Waals surface area contributed by atoms with Crippen LogP contribution in [0.2, 0.25) is 0 Å². The SMILES string of the molecule is CN1C(=O)CCOc2ccc(CNC(=O)c3ccccc3)cc21. The lowest BCUT2D eigenvalue weighted by Crippen LogP contribution is -2.26. The Labute approximate surface area is 134 Å². The van der Waals surface area contributed by atoms with Crippen molar-refractivity contribution < 1.29 is 14.3 Å². The van der Waals surface area contributed by atoms with Crippen molar-refractivity contribution in [3.63, 3.8) is 0 Å². The maximum Gasteiger partial charge on any atom is 0.251 e. The molecule has 0 aliphatic carbocycles. The molecule has 2 amide bonds. The van der Waals surface area contributed by atoms with Crippen LogP contribution in [-0.2, 0) is 11.3 Å². The first-order chi connectivity index (χ1) is 11.1. The van der Waals surface area contributed by atoms with E-state index in [1.165, 1.54) is 0 Å². The number of benzene rings is 2. The van der Waals surface area contributed by atoms with E-state index in [1.807, 2.05) is 36.4 Å². The van der Waals surface area contributed by atoms with Crippen LogP contribution in [0.5, 0.6) is 5.75 Å². The summed E-state index contributed by atoms with van der Waals surface area (Å²) >= 11 is 0. The van der Waals surface area contributed by atoms with Gasteiger partial charge in [0.25, 0.3) is 5.91 Å². The lowest BCUT2D eigenvalue weighted by atomic mass is 10.1. The molecule has 0 aromatic heterocycles. The molecule has 5 nitrogen and oxygen atoms in total. The van der Waals surface area contributed by atoms with E-state index in [9.17, 15) is 9.59 Å². The van der Waals surface area contributed by atoms with Gasteiger partial charge in [-0.25, -0.2) is 0 Å². The molecule has 2 aromatic carbocycles. The predicted molar refractivity (Wildman–Crippen MR) is 87.6 cm³/mol. The predicted octanol–water partition coefficient (Wildman–Crippen LogP) is 2.36. The molecule has 0 saturated heterocycles. The van der Waals surface area contributed by atoms with E-state index in [1.54, 1.807) is 24.1 Å². The fourth-order valence-corrected chi connectivity index (χ4v) is 2.48. The lowest BCUT2D eigenvalue weighted by Gasteiger charge is -2.17. The minimum absolute atomic E-state index is 0.0224. The Balaban J connectivity index is 1.73. The zero-order valence-electron chi connectivity index (χ0n) is 12.9. The number of anilines is 1. The van der Waals surface area contributed by atoms with Gasteiger partial charge >= 0.3 is 0 Å². The van der Waals surface area contributed by atoms with Gasteiger partial charge in [0.15, 0.2) is 0 Å². The van der Waals surface area contributed by atoms with Gasteiger partial charge < -0.3 is 15.0 Å². The molecule has 0 bridgehead atoms. The highest BCUT2D eigenvalue weighted by Crippen LogP contribution is 2.31. The third kappa shape index (κ3) is 3.34. The average Bonchev–Trinajstić information content (AvgIpc) is 2.73. The second kappa shape index (κ2) is 6.52. The quantitative estimate of drug-likeness (QED) is 0.947. The summed E-state index contributed by atoms with van der Waals surface area (Å²) < 4.78 is 5.59. The van der Waals surface area contributed by atoms with Gasteiger partial charge in [-0.1, -0.05) is 24.3 Å². The molecule has 0 saturated carbocycles.